The number of hydrogen-bond donors (Lipinski definition) is 1. The van der Waals surface area contributed by atoms with E-state index in [1.54, 1.807) is 0 Å². The van der Waals surface area contributed by atoms with Gasteiger partial charge in [-0.1, -0.05) is 13.3 Å². The van der Waals surface area contributed by atoms with E-state index < -0.39 is 0 Å². The van der Waals surface area contributed by atoms with Crippen LogP contribution in [0.3, 0.4) is 0 Å². The molecule has 1 saturated carbocycles. The highest BCUT2D eigenvalue weighted by atomic mass is 32.1. The van der Waals surface area contributed by atoms with Gasteiger partial charge in [-0.3, -0.25) is 4.90 Å². The summed E-state index contributed by atoms with van der Waals surface area (Å²) in [6.07, 6.45) is 5.30. The largest absolute Gasteiger partial charge is 0.309 e. The Hall–Kier alpha value is -0.380. The van der Waals surface area contributed by atoms with Crippen LogP contribution in [0, 0.1) is 6.92 Å². The molecule has 1 aliphatic carbocycles. The molecular weight excluding hydrogens is 252 g/mol. The van der Waals surface area contributed by atoms with Gasteiger partial charge < -0.3 is 5.32 Å². The Bertz CT molecular complexity index is 395. The van der Waals surface area contributed by atoms with Crippen molar-refractivity contribution in [3.05, 3.63) is 21.4 Å². The van der Waals surface area contributed by atoms with Crippen LogP contribution in [0.1, 0.15) is 54.8 Å². The Balaban J connectivity index is 1.87. The van der Waals surface area contributed by atoms with Crippen molar-refractivity contribution in [1.29, 1.82) is 0 Å². The molecule has 0 bridgehead atoms. The number of aryl methyl sites for hydroxylation is 1. The van der Waals surface area contributed by atoms with Crippen molar-refractivity contribution in [2.75, 3.05) is 7.05 Å². The van der Waals surface area contributed by atoms with Crippen molar-refractivity contribution in [3.8, 4) is 0 Å². The fourth-order valence-electron chi connectivity index (χ4n) is 2.43. The van der Waals surface area contributed by atoms with E-state index in [2.05, 4.69) is 44.1 Å². The standard InChI is InChI=1S/C16H28N2S/c1-5-6-12(2)18(4)11-14-9-16(19-13(14)3)10-17-15-7-8-15/h9,12,15,17H,5-8,10-11H2,1-4H3. The third-order valence-electron chi connectivity index (χ3n) is 4.09. The van der Waals surface area contributed by atoms with Gasteiger partial charge in [0.25, 0.3) is 0 Å². The van der Waals surface area contributed by atoms with Gasteiger partial charge in [0.1, 0.15) is 0 Å². The lowest BCUT2D eigenvalue weighted by atomic mass is 10.1. The molecule has 1 atom stereocenters. The van der Waals surface area contributed by atoms with Crippen molar-refractivity contribution in [2.45, 2.75) is 71.6 Å². The van der Waals surface area contributed by atoms with Crippen molar-refractivity contribution in [1.82, 2.24) is 10.2 Å². The van der Waals surface area contributed by atoms with Crippen LogP contribution in [0.2, 0.25) is 0 Å². The molecule has 0 aromatic carbocycles. The van der Waals surface area contributed by atoms with Gasteiger partial charge in [-0.2, -0.15) is 0 Å². The van der Waals surface area contributed by atoms with Gasteiger partial charge in [0, 0.05) is 34.9 Å². The topological polar surface area (TPSA) is 15.3 Å². The van der Waals surface area contributed by atoms with Crippen molar-refractivity contribution in [2.24, 2.45) is 0 Å². The van der Waals surface area contributed by atoms with Gasteiger partial charge in [-0.15, -0.1) is 11.3 Å². The molecule has 0 spiro atoms. The smallest absolute Gasteiger partial charge is 0.0302 e. The summed E-state index contributed by atoms with van der Waals surface area (Å²) >= 11 is 1.96. The van der Waals surface area contributed by atoms with Gasteiger partial charge in [0.2, 0.25) is 0 Å². The van der Waals surface area contributed by atoms with Crippen LogP contribution < -0.4 is 5.32 Å². The predicted molar refractivity (Wildman–Crippen MR) is 84.8 cm³/mol. The molecule has 1 unspecified atom stereocenters. The molecule has 1 fully saturated rings. The second-order valence-corrected chi connectivity index (χ2v) is 7.34. The third-order valence-corrected chi connectivity index (χ3v) is 5.19. The van der Waals surface area contributed by atoms with E-state index in [0.29, 0.717) is 6.04 Å². The summed E-state index contributed by atoms with van der Waals surface area (Å²) in [5.41, 5.74) is 1.52. The Morgan fingerprint density at radius 3 is 2.84 bits per heavy atom. The summed E-state index contributed by atoms with van der Waals surface area (Å²) in [5.74, 6) is 0. The van der Waals surface area contributed by atoms with Crippen LogP contribution in [0.15, 0.2) is 6.07 Å². The zero-order valence-corrected chi connectivity index (χ0v) is 13.6. The molecule has 2 rings (SSSR count). The summed E-state index contributed by atoms with van der Waals surface area (Å²) in [7, 11) is 2.25. The molecule has 0 saturated heterocycles. The Kier molecular flexibility index (Phi) is 5.43. The van der Waals surface area contributed by atoms with Crippen LogP contribution in [-0.4, -0.2) is 24.0 Å². The molecule has 3 heteroatoms. The van der Waals surface area contributed by atoms with Crippen molar-refractivity contribution < 1.29 is 0 Å². The van der Waals surface area contributed by atoms with Crippen LogP contribution in [-0.2, 0) is 13.1 Å². The summed E-state index contributed by atoms with van der Waals surface area (Å²) in [6.45, 7) is 9.01. The van der Waals surface area contributed by atoms with E-state index in [1.165, 1.54) is 41.0 Å². The minimum Gasteiger partial charge on any atom is -0.309 e. The minimum atomic E-state index is 0.678. The molecule has 1 N–H and O–H groups in total. The molecule has 1 aliphatic rings. The fourth-order valence-corrected chi connectivity index (χ4v) is 3.43. The van der Waals surface area contributed by atoms with E-state index in [9.17, 15) is 0 Å². The Morgan fingerprint density at radius 2 is 2.21 bits per heavy atom. The SMILES string of the molecule is CCCC(C)N(C)Cc1cc(CNC2CC2)sc1C. The maximum absolute atomic E-state index is 3.61. The number of nitrogens with one attached hydrogen (secondary N) is 1. The van der Waals surface area contributed by atoms with Crippen molar-refractivity contribution >= 4 is 11.3 Å². The Labute approximate surface area is 122 Å². The third kappa shape index (κ3) is 4.59. The molecule has 1 aromatic heterocycles. The normalized spacial score (nSPS) is 17.1. The first-order valence-electron chi connectivity index (χ1n) is 7.62. The summed E-state index contributed by atoms with van der Waals surface area (Å²) in [4.78, 5) is 5.47. The maximum Gasteiger partial charge on any atom is 0.0302 e. The zero-order chi connectivity index (χ0) is 13.8. The lowest BCUT2D eigenvalue weighted by Gasteiger charge is -2.24. The van der Waals surface area contributed by atoms with Crippen LogP contribution in [0.25, 0.3) is 0 Å². The molecule has 1 aromatic rings. The lowest BCUT2D eigenvalue weighted by molar-refractivity contribution is 0.236. The summed E-state index contributed by atoms with van der Waals surface area (Å²) < 4.78 is 0. The van der Waals surface area contributed by atoms with Gasteiger partial charge in [-0.25, -0.2) is 0 Å². The molecule has 108 valence electrons. The lowest BCUT2D eigenvalue weighted by Crippen LogP contribution is -2.28. The highest BCUT2D eigenvalue weighted by molar-refractivity contribution is 7.12. The monoisotopic (exact) mass is 280 g/mol. The highest BCUT2D eigenvalue weighted by Gasteiger charge is 2.20. The first-order chi connectivity index (χ1) is 9.10. The average molecular weight is 280 g/mol. The van der Waals surface area contributed by atoms with Gasteiger partial charge in [-0.05, 0) is 51.8 Å². The first kappa shape index (κ1) is 15.0. The quantitative estimate of drug-likeness (QED) is 0.776. The second kappa shape index (κ2) is 6.87. The Morgan fingerprint density at radius 1 is 1.47 bits per heavy atom. The van der Waals surface area contributed by atoms with E-state index >= 15 is 0 Å². The van der Waals surface area contributed by atoms with E-state index in [0.717, 1.165) is 19.1 Å². The zero-order valence-electron chi connectivity index (χ0n) is 12.8. The minimum absolute atomic E-state index is 0.678. The fraction of sp³-hybridized carbons (Fsp3) is 0.750. The first-order valence-corrected chi connectivity index (χ1v) is 8.43. The number of rotatable bonds is 8. The van der Waals surface area contributed by atoms with Crippen LogP contribution >= 0.6 is 11.3 Å². The van der Waals surface area contributed by atoms with E-state index in [-0.39, 0.29) is 0 Å². The highest BCUT2D eigenvalue weighted by Crippen LogP contribution is 2.25. The molecule has 0 aliphatic heterocycles. The van der Waals surface area contributed by atoms with Crippen LogP contribution in [0.4, 0.5) is 0 Å². The summed E-state index contributed by atoms with van der Waals surface area (Å²) in [6, 6.07) is 3.89. The van der Waals surface area contributed by atoms with Gasteiger partial charge in [0.05, 0.1) is 0 Å². The van der Waals surface area contributed by atoms with Gasteiger partial charge in [0.15, 0.2) is 0 Å². The van der Waals surface area contributed by atoms with Gasteiger partial charge >= 0.3 is 0 Å². The van der Waals surface area contributed by atoms with Crippen molar-refractivity contribution in [3.63, 3.8) is 0 Å². The second-order valence-electron chi connectivity index (χ2n) is 6.00. The van der Waals surface area contributed by atoms with Crippen LogP contribution in [0.5, 0.6) is 0 Å². The number of hydrogen-bond acceptors (Lipinski definition) is 3. The molecule has 1 heterocycles. The van der Waals surface area contributed by atoms with E-state index in [1.807, 2.05) is 11.3 Å². The number of thiophene rings is 1. The molecular formula is C16H28N2S. The average Bonchev–Trinajstić information content (AvgIpc) is 3.13. The summed E-state index contributed by atoms with van der Waals surface area (Å²) in [5, 5.41) is 3.61. The molecule has 19 heavy (non-hydrogen) atoms. The molecule has 0 radical (unpaired) electrons. The van der Waals surface area contributed by atoms with E-state index in [4.69, 9.17) is 0 Å². The maximum atomic E-state index is 3.61. The number of nitrogens with zero attached hydrogens (tertiary/aromatic N) is 1. The molecule has 0 amide bonds. The predicted octanol–water partition coefficient (Wildman–Crippen LogP) is 3.93. The molecule has 2 nitrogen and oxygen atoms in total.